The van der Waals surface area contributed by atoms with Crippen LogP contribution in [0.15, 0.2) is 11.6 Å². The van der Waals surface area contributed by atoms with E-state index in [9.17, 15) is 0 Å². The number of hydrogen-bond acceptors (Lipinski definition) is 1. The van der Waals surface area contributed by atoms with Gasteiger partial charge in [-0.2, -0.15) is 0 Å². The minimum atomic E-state index is 0.299. The minimum absolute atomic E-state index is 0.299. The van der Waals surface area contributed by atoms with Crippen LogP contribution < -0.4 is 0 Å². The Hall–Kier alpha value is -0.300. The number of hydrogen-bond donors (Lipinski definition) is 1. The third-order valence-corrected chi connectivity index (χ3v) is 2.93. The molecule has 1 N–H and O–H groups in total. The van der Waals surface area contributed by atoms with Gasteiger partial charge in [-0.15, -0.1) is 0 Å². The molecule has 0 saturated carbocycles. The predicted molar refractivity (Wildman–Crippen MR) is 47.3 cm³/mol. The molecule has 0 bridgehead atoms. The van der Waals surface area contributed by atoms with Crippen LogP contribution in [0.3, 0.4) is 0 Å². The zero-order valence-electron chi connectivity index (χ0n) is 7.72. The quantitative estimate of drug-likeness (QED) is 0.575. The molecular weight excluding hydrogens is 136 g/mol. The molecule has 1 aliphatic carbocycles. The average molecular weight is 154 g/mol. The summed E-state index contributed by atoms with van der Waals surface area (Å²) in [4.78, 5) is 0. The van der Waals surface area contributed by atoms with Gasteiger partial charge >= 0.3 is 0 Å². The molecule has 64 valence electrons. The van der Waals surface area contributed by atoms with Crippen LogP contribution in [0, 0.1) is 11.3 Å². The van der Waals surface area contributed by atoms with Crippen LogP contribution in [0.4, 0.5) is 0 Å². The molecule has 1 heteroatoms. The highest BCUT2D eigenvalue weighted by Gasteiger charge is 2.31. The van der Waals surface area contributed by atoms with Crippen LogP contribution >= 0.6 is 0 Å². The summed E-state index contributed by atoms with van der Waals surface area (Å²) < 4.78 is 0. The first kappa shape index (κ1) is 8.79. The van der Waals surface area contributed by atoms with Crippen molar-refractivity contribution in [3.8, 4) is 0 Å². The van der Waals surface area contributed by atoms with Crippen molar-refractivity contribution in [2.75, 3.05) is 6.61 Å². The highest BCUT2D eigenvalue weighted by molar-refractivity contribution is 5.11. The summed E-state index contributed by atoms with van der Waals surface area (Å²) >= 11 is 0. The maximum atomic E-state index is 9.16. The smallest absolute Gasteiger partial charge is 0.0501 e. The van der Waals surface area contributed by atoms with Gasteiger partial charge in [0.05, 0.1) is 6.61 Å². The number of aliphatic hydroxyl groups excluding tert-OH is 1. The van der Waals surface area contributed by atoms with Crippen molar-refractivity contribution in [3.63, 3.8) is 0 Å². The normalized spacial score (nSPS) is 29.8. The largest absolute Gasteiger partial charge is 0.396 e. The number of allylic oxidation sites excluding steroid dienone is 1. The van der Waals surface area contributed by atoms with Crippen LogP contribution in [-0.2, 0) is 0 Å². The first-order chi connectivity index (χ1) is 5.08. The molecule has 11 heavy (non-hydrogen) atoms. The summed E-state index contributed by atoms with van der Waals surface area (Å²) in [7, 11) is 0. The topological polar surface area (TPSA) is 20.2 Å². The molecule has 0 heterocycles. The van der Waals surface area contributed by atoms with E-state index in [1.54, 1.807) is 0 Å². The van der Waals surface area contributed by atoms with Crippen LogP contribution in [0.5, 0.6) is 0 Å². The Morgan fingerprint density at radius 1 is 1.64 bits per heavy atom. The molecule has 0 spiro atoms. The molecule has 1 rings (SSSR count). The van der Waals surface area contributed by atoms with E-state index >= 15 is 0 Å². The fourth-order valence-electron chi connectivity index (χ4n) is 2.00. The van der Waals surface area contributed by atoms with Crippen molar-refractivity contribution in [1.29, 1.82) is 0 Å². The van der Waals surface area contributed by atoms with Crippen molar-refractivity contribution in [3.05, 3.63) is 11.6 Å². The van der Waals surface area contributed by atoms with Crippen molar-refractivity contribution >= 4 is 0 Å². The van der Waals surface area contributed by atoms with Crippen LogP contribution in [0.1, 0.15) is 33.6 Å². The monoisotopic (exact) mass is 154 g/mol. The summed E-state index contributed by atoms with van der Waals surface area (Å²) in [5, 5.41) is 9.16. The zero-order chi connectivity index (χ0) is 8.48. The van der Waals surface area contributed by atoms with Gasteiger partial charge < -0.3 is 5.11 Å². The van der Waals surface area contributed by atoms with Crippen molar-refractivity contribution in [1.82, 2.24) is 0 Å². The molecule has 0 aromatic heterocycles. The standard InChI is InChI=1S/C10H18O/c1-8-5-4-6-10(2,3)9(8)7-11/h5,9,11H,4,6-7H2,1-3H3/t9-/m0/s1. The third-order valence-electron chi connectivity index (χ3n) is 2.93. The Balaban J connectivity index is 2.80. The molecular formula is C10H18O. The van der Waals surface area contributed by atoms with Crippen molar-refractivity contribution < 1.29 is 5.11 Å². The Morgan fingerprint density at radius 3 is 2.64 bits per heavy atom. The highest BCUT2D eigenvalue weighted by atomic mass is 16.3. The second kappa shape index (κ2) is 2.98. The zero-order valence-corrected chi connectivity index (χ0v) is 7.72. The van der Waals surface area contributed by atoms with E-state index in [0.29, 0.717) is 17.9 Å². The summed E-state index contributed by atoms with van der Waals surface area (Å²) in [5.41, 5.74) is 1.66. The lowest BCUT2D eigenvalue weighted by atomic mass is 9.69. The lowest BCUT2D eigenvalue weighted by Crippen LogP contribution is -2.30. The predicted octanol–water partition coefficient (Wildman–Crippen LogP) is 2.36. The second-order valence-electron chi connectivity index (χ2n) is 4.21. The first-order valence-corrected chi connectivity index (χ1v) is 4.35. The first-order valence-electron chi connectivity index (χ1n) is 4.35. The Morgan fingerprint density at radius 2 is 2.27 bits per heavy atom. The molecule has 0 unspecified atom stereocenters. The third kappa shape index (κ3) is 1.64. The maximum absolute atomic E-state index is 9.16. The second-order valence-corrected chi connectivity index (χ2v) is 4.21. The fraction of sp³-hybridized carbons (Fsp3) is 0.800. The Kier molecular flexibility index (Phi) is 2.38. The highest BCUT2D eigenvalue weighted by Crippen LogP contribution is 2.40. The van der Waals surface area contributed by atoms with Gasteiger partial charge in [0.25, 0.3) is 0 Å². The lowest BCUT2D eigenvalue weighted by Gasteiger charge is -2.37. The fourth-order valence-corrected chi connectivity index (χ4v) is 2.00. The lowest BCUT2D eigenvalue weighted by molar-refractivity contribution is 0.128. The van der Waals surface area contributed by atoms with Gasteiger partial charge in [-0.25, -0.2) is 0 Å². The van der Waals surface area contributed by atoms with Gasteiger partial charge in [-0.1, -0.05) is 25.5 Å². The van der Waals surface area contributed by atoms with E-state index in [1.807, 2.05) is 0 Å². The molecule has 1 atom stereocenters. The Labute approximate surface area is 69.1 Å². The van der Waals surface area contributed by atoms with E-state index in [0.717, 1.165) is 0 Å². The molecule has 1 nitrogen and oxygen atoms in total. The maximum Gasteiger partial charge on any atom is 0.0501 e. The minimum Gasteiger partial charge on any atom is -0.396 e. The van der Waals surface area contributed by atoms with E-state index in [-0.39, 0.29) is 0 Å². The van der Waals surface area contributed by atoms with Gasteiger partial charge in [0, 0.05) is 5.92 Å². The number of rotatable bonds is 1. The van der Waals surface area contributed by atoms with Gasteiger partial charge in [0.15, 0.2) is 0 Å². The van der Waals surface area contributed by atoms with E-state index in [2.05, 4.69) is 26.8 Å². The van der Waals surface area contributed by atoms with Gasteiger partial charge in [0.2, 0.25) is 0 Å². The molecule has 0 saturated heterocycles. The molecule has 0 aromatic rings. The molecule has 1 aliphatic rings. The van der Waals surface area contributed by atoms with Gasteiger partial charge in [0.1, 0.15) is 0 Å². The Bertz CT molecular complexity index is 168. The van der Waals surface area contributed by atoms with Gasteiger partial charge in [-0.3, -0.25) is 0 Å². The summed E-state index contributed by atoms with van der Waals surface area (Å²) in [6.45, 7) is 6.91. The summed E-state index contributed by atoms with van der Waals surface area (Å²) in [6, 6.07) is 0. The van der Waals surface area contributed by atoms with Crippen LogP contribution in [0.2, 0.25) is 0 Å². The van der Waals surface area contributed by atoms with E-state index < -0.39 is 0 Å². The average Bonchev–Trinajstić information content (AvgIpc) is 1.86. The van der Waals surface area contributed by atoms with Crippen LogP contribution in [-0.4, -0.2) is 11.7 Å². The summed E-state index contributed by atoms with van der Waals surface area (Å²) in [5.74, 6) is 0.385. The molecule has 0 aromatic carbocycles. The molecule has 0 aliphatic heterocycles. The molecule has 0 radical (unpaired) electrons. The molecule has 0 amide bonds. The number of aliphatic hydroxyl groups is 1. The SMILES string of the molecule is CC1=CCCC(C)(C)[C@H]1CO. The van der Waals surface area contributed by atoms with E-state index in [1.165, 1.54) is 18.4 Å². The van der Waals surface area contributed by atoms with Crippen molar-refractivity contribution in [2.45, 2.75) is 33.6 Å². The summed E-state index contributed by atoms with van der Waals surface area (Å²) in [6.07, 6.45) is 4.64. The van der Waals surface area contributed by atoms with Crippen molar-refractivity contribution in [2.24, 2.45) is 11.3 Å². The van der Waals surface area contributed by atoms with E-state index in [4.69, 9.17) is 5.11 Å². The van der Waals surface area contributed by atoms with Crippen LogP contribution in [0.25, 0.3) is 0 Å². The van der Waals surface area contributed by atoms with Gasteiger partial charge in [-0.05, 0) is 25.2 Å². The molecule has 0 fully saturated rings.